The molecule has 0 aromatic heterocycles. The highest BCUT2D eigenvalue weighted by Crippen LogP contribution is 2.35. The Morgan fingerprint density at radius 3 is 2.62 bits per heavy atom. The van der Waals surface area contributed by atoms with Crippen molar-refractivity contribution in [1.82, 2.24) is 4.90 Å². The van der Waals surface area contributed by atoms with E-state index in [0.29, 0.717) is 0 Å². The number of hydrogen-bond acceptors (Lipinski definition) is 2. The van der Waals surface area contributed by atoms with Crippen molar-refractivity contribution in [3.63, 3.8) is 0 Å². The number of halogens is 1. The van der Waals surface area contributed by atoms with Gasteiger partial charge in [-0.05, 0) is 50.7 Å². The van der Waals surface area contributed by atoms with Gasteiger partial charge in [-0.1, -0.05) is 28.1 Å². The van der Waals surface area contributed by atoms with E-state index in [1.807, 2.05) is 0 Å². The fourth-order valence-corrected chi connectivity index (χ4v) is 2.87. The van der Waals surface area contributed by atoms with Crippen LogP contribution in [-0.4, -0.2) is 31.6 Å². The maximum atomic E-state index is 6.03. The minimum absolute atomic E-state index is 0.191. The summed E-state index contributed by atoms with van der Waals surface area (Å²) in [6.45, 7) is 3.03. The van der Waals surface area contributed by atoms with E-state index < -0.39 is 0 Å². The van der Waals surface area contributed by atoms with Crippen molar-refractivity contribution in [3.05, 3.63) is 34.3 Å². The van der Waals surface area contributed by atoms with E-state index >= 15 is 0 Å². The predicted octanol–water partition coefficient (Wildman–Crippen LogP) is 2.37. The Morgan fingerprint density at radius 2 is 2.06 bits per heavy atom. The third kappa shape index (κ3) is 2.31. The van der Waals surface area contributed by atoms with Crippen LogP contribution in [0.2, 0.25) is 0 Å². The van der Waals surface area contributed by atoms with Gasteiger partial charge in [0.15, 0.2) is 0 Å². The molecule has 2 rings (SSSR count). The molecule has 0 atom stereocenters. The molecule has 2 N–H and O–H groups in total. The summed E-state index contributed by atoms with van der Waals surface area (Å²) in [5, 5.41) is 0. The molecule has 1 saturated heterocycles. The Labute approximate surface area is 106 Å². The molecule has 2 nitrogen and oxygen atoms in total. The Hall–Kier alpha value is -0.380. The Morgan fingerprint density at radius 1 is 1.38 bits per heavy atom. The second kappa shape index (κ2) is 4.86. The maximum absolute atomic E-state index is 6.03. The third-order valence-corrected chi connectivity index (χ3v) is 4.27. The van der Waals surface area contributed by atoms with Crippen LogP contribution in [0, 0.1) is 0 Å². The lowest BCUT2D eigenvalue weighted by atomic mass is 9.73. The zero-order valence-corrected chi connectivity index (χ0v) is 11.3. The summed E-state index contributed by atoms with van der Waals surface area (Å²) in [5.74, 6) is 0. The summed E-state index contributed by atoms with van der Waals surface area (Å²) in [6.07, 6.45) is 2.33. The molecule has 0 radical (unpaired) electrons. The van der Waals surface area contributed by atoms with E-state index in [0.717, 1.165) is 36.9 Å². The average Bonchev–Trinajstić information content (AvgIpc) is 2.31. The van der Waals surface area contributed by atoms with E-state index in [9.17, 15) is 0 Å². The van der Waals surface area contributed by atoms with Crippen LogP contribution in [0.15, 0.2) is 28.7 Å². The number of nitrogens with two attached hydrogens (primary N) is 1. The van der Waals surface area contributed by atoms with Gasteiger partial charge in [-0.2, -0.15) is 0 Å². The average molecular weight is 283 g/mol. The van der Waals surface area contributed by atoms with E-state index in [1.165, 1.54) is 5.56 Å². The highest BCUT2D eigenvalue weighted by Gasteiger charge is 2.33. The van der Waals surface area contributed by atoms with Gasteiger partial charge in [-0.3, -0.25) is 0 Å². The number of rotatable bonds is 2. The molecule has 1 aliphatic rings. The number of piperidine rings is 1. The van der Waals surface area contributed by atoms with Crippen LogP contribution in [0.5, 0.6) is 0 Å². The first kappa shape index (κ1) is 12.1. The van der Waals surface area contributed by atoms with E-state index in [2.05, 4.69) is 52.1 Å². The highest BCUT2D eigenvalue weighted by molar-refractivity contribution is 9.10. The fraction of sp³-hybridized carbons (Fsp3) is 0.538. The quantitative estimate of drug-likeness (QED) is 0.903. The van der Waals surface area contributed by atoms with Crippen LogP contribution in [0.3, 0.4) is 0 Å². The molecule has 1 aliphatic heterocycles. The number of nitrogens with zero attached hydrogens (tertiary/aromatic N) is 1. The Balaban J connectivity index is 2.28. The van der Waals surface area contributed by atoms with Crippen LogP contribution >= 0.6 is 15.9 Å². The molecule has 3 heteroatoms. The van der Waals surface area contributed by atoms with Crippen molar-refractivity contribution in [2.75, 3.05) is 26.7 Å². The minimum Gasteiger partial charge on any atom is -0.330 e. The van der Waals surface area contributed by atoms with Gasteiger partial charge in [-0.15, -0.1) is 0 Å². The van der Waals surface area contributed by atoms with Crippen LogP contribution in [0.4, 0.5) is 0 Å². The van der Waals surface area contributed by atoms with E-state index in [4.69, 9.17) is 5.73 Å². The van der Waals surface area contributed by atoms with Crippen molar-refractivity contribution in [2.45, 2.75) is 18.3 Å². The lowest BCUT2D eigenvalue weighted by Gasteiger charge is -2.40. The molecule has 0 saturated carbocycles. The normalized spacial score (nSPS) is 20.9. The summed E-state index contributed by atoms with van der Waals surface area (Å²) in [5.41, 5.74) is 7.61. The van der Waals surface area contributed by atoms with E-state index in [-0.39, 0.29) is 5.41 Å². The molecular weight excluding hydrogens is 264 g/mol. The SMILES string of the molecule is CN1CCC(CN)(c2cccc(Br)c2)CC1. The molecule has 16 heavy (non-hydrogen) atoms. The van der Waals surface area contributed by atoms with Gasteiger partial charge in [0, 0.05) is 16.4 Å². The highest BCUT2D eigenvalue weighted by atomic mass is 79.9. The monoisotopic (exact) mass is 282 g/mol. The number of likely N-dealkylation sites (tertiary alicyclic amines) is 1. The first-order valence-electron chi connectivity index (χ1n) is 5.81. The minimum atomic E-state index is 0.191. The van der Waals surface area contributed by atoms with Crippen LogP contribution < -0.4 is 5.73 Å². The first-order chi connectivity index (χ1) is 7.66. The summed E-state index contributed by atoms with van der Waals surface area (Å²) >= 11 is 3.54. The van der Waals surface area contributed by atoms with Crippen LogP contribution in [-0.2, 0) is 5.41 Å². The van der Waals surface area contributed by atoms with Crippen molar-refractivity contribution in [1.29, 1.82) is 0 Å². The van der Waals surface area contributed by atoms with Gasteiger partial charge in [0.1, 0.15) is 0 Å². The van der Waals surface area contributed by atoms with Gasteiger partial charge in [-0.25, -0.2) is 0 Å². The molecule has 0 bridgehead atoms. The smallest absolute Gasteiger partial charge is 0.0178 e. The molecular formula is C13H19BrN2. The molecule has 0 spiro atoms. The van der Waals surface area contributed by atoms with Crippen molar-refractivity contribution in [2.24, 2.45) is 5.73 Å². The lowest BCUT2D eigenvalue weighted by Crippen LogP contribution is -2.45. The van der Waals surface area contributed by atoms with E-state index in [1.54, 1.807) is 0 Å². The van der Waals surface area contributed by atoms with Crippen LogP contribution in [0.1, 0.15) is 18.4 Å². The van der Waals surface area contributed by atoms with Crippen molar-refractivity contribution in [3.8, 4) is 0 Å². The molecule has 1 heterocycles. The predicted molar refractivity (Wildman–Crippen MR) is 71.6 cm³/mol. The molecule has 0 aliphatic carbocycles. The molecule has 1 aromatic rings. The van der Waals surface area contributed by atoms with Crippen molar-refractivity contribution < 1.29 is 0 Å². The zero-order valence-electron chi connectivity index (χ0n) is 9.75. The fourth-order valence-electron chi connectivity index (χ4n) is 2.48. The molecule has 0 unspecified atom stereocenters. The maximum Gasteiger partial charge on any atom is 0.0178 e. The summed E-state index contributed by atoms with van der Waals surface area (Å²) in [6, 6.07) is 8.61. The number of hydrogen-bond donors (Lipinski definition) is 1. The number of benzene rings is 1. The first-order valence-corrected chi connectivity index (χ1v) is 6.60. The summed E-state index contributed by atoms with van der Waals surface area (Å²) in [4.78, 5) is 2.38. The zero-order chi connectivity index (χ0) is 11.6. The third-order valence-electron chi connectivity index (χ3n) is 3.77. The van der Waals surface area contributed by atoms with Crippen LogP contribution in [0.25, 0.3) is 0 Å². The standard InChI is InChI=1S/C13H19BrN2/c1-16-7-5-13(10-15,6-8-16)11-3-2-4-12(14)9-11/h2-4,9H,5-8,10,15H2,1H3. The lowest BCUT2D eigenvalue weighted by molar-refractivity contribution is 0.191. The molecule has 88 valence electrons. The second-order valence-electron chi connectivity index (χ2n) is 4.80. The summed E-state index contributed by atoms with van der Waals surface area (Å²) in [7, 11) is 2.18. The largest absolute Gasteiger partial charge is 0.330 e. The van der Waals surface area contributed by atoms with Crippen molar-refractivity contribution >= 4 is 15.9 Å². The summed E-state index contributed by atoms with van der Waals surface area (Å²) < 4.78 is 1.15. The molecule has 0 amide bonds. The van der Waals surface area contributed by atoms with Gasteiger partial charge in [0.25, 0.3) is 0 Å². The Kier molecular flexibility index (Phi) is 3.67. The molecule has 1 aromatic carbocycles. The second-order valence-corrected chi connectivity index (χ2v) is 5.71. The Bertz CT molecular complexity index is 357. The van der Waals surface area contributed by atoms with Gasteiger partial charge in [0.05, 0.1) is 0 Å². The van der Waals surface area contributed by atoms with Gasteiger partial charge < -0.3 is 10.6 Å². The van der Waals surface area contributed by atoms with Gasteiger partial charge >= 0.3 is 0 Å². The van der Waals surface area contributed by atoms with Gasteiger partial charge in [0.2, 0.25) is 0 Å². The molecule has 1 fully saturated rings. The topological polar surface area (TPSA) is 29.3 Å².